The Morgan fingerprint density at radius 2 is 1.85 bits per heavy atom. The quantitative estimate of drug-likeness (QED) is 0.831. The van der Waals surface area contributed by atoms with Crippen LogP contribution in [0.1, 0.15) is 0 Å². The highest BCUT2D eigenvalue weighted by Crippen LogP contribution is 2.32. The standard InChI is InChI=1S/C15H18N4O/c1-18-6-12-8-19(9-13(12)7-18)15-3-2-14(16-17-15)11-4-5-20-10-11/h2-5,10,12-13H,6-9H2,1H3. The molecule has 4 rings (SSSR count). The maximum atomic E-state index is 5.08. The van der Waals surface area contributed by atoms with Gasteiger partial charge in [0.25, 0.3) is 0 Å². The van der Waals surface area contributed by atoms with Crippen LogP contribution < -0.4 is 4.90 Å². The highest BCUT2D eigenvalue weighted by Gasteiger charge is 2.39. The van der Waals surface area contributed by atoms with Gasteiger partial charge in [-0.1, -0.05) is 0 Å². The van der Waals surface area contributed by atoms with E-state index in [0.29, 0.717) is 0 Å². The molecule has 2 fully saturated rings. The van der Waals surface area contributed by atoms with E-state index in [0.717, 1.165) is 42.0 Å². The van der Waals surface area contributed by atoms with Crippen LogP contribution in [-0.2, 0) is 0 Å². The van der Waals surface area contributed by atoms with Crippen LogP contribution >= 0.6 is 0 Å². The van der Waals surface area contributed by atoms with Crippen LogP contribution in [0.2, 0.25) is 0 Å². The number of nitrogens with zero attached hydrogens (tertiary/aromatic N) is 4. The van der Waals surface area contributed by atoms with Crippen molar-refractivity contribution < 1.29 is 4.42 Å². The van der Waals surface area contributed by atoms with E-state index in [4.69, 9.17) is 4.42 Å². The highest BCUT2D eigenvalue weighted by molar-refractivity contribution is 5.58. The minimum atomic E-state index is 0.787. The molecule has 0 amide bonds. The van der Waals surface area contributed by atoms with Gasteiger partial charge in [-0.15, -0.1) is 10.2 Å². The van der Waals surface area contributed by atoms with E-state index < -0.39 is 0 Å². The molecule has 2 aliphatic heterocycles. The Morgan fingerprint density at radius 1 is 1.05 bits per heavy atom. The van der Waals surface area contributed by atoms with E-state index in [9.17, 15) is 0 Å². The summed E-state index contributed by atoms with van der Waals surface area (Å²) >= 11 is 0. The van der Waals surface area contributed by atoms with E-state index in [-0.39, 0.29) is 0 Å². The number of hydrogen-bond acceptors (Lipinski definition) is 5. The van der Waals surface area contributed by atoms with Crippen LogP contribution in [-0.4, -0.2) is 48.3 Å². The zero-order valence-corrected chi connectivity index (χ0v) is 11.6. The molecule has 0 radical (unpaired) electrons. The molecule has 20 heavy (non-hydrogen) atoms. The molecule has 104 valence electrons. The lowest BCUT2D eigenvalue weighted by atomic mass is 10.0. The van der Waals surface area contributed by atoms with E-state index in [1.807, 2.05) is 12.1 Å². The first-order valence-electron chi connectivity index (χ1n) is 7.09. The molecule has 5 heteroatoms. The van der Waals surface area contributed by atoms with Gasteiger partial charge in [-0.2, -0.15) is 0 Å². The third kappa shape index (κ3) is 1.98. The van der Waals surface area contributed by atoms with Crippen molar-refractivity contribution in [3.8, 4) is 11.3 Å². The zero-order valence-electron chi connectivity index (χ0n) is 11.6. The Morgan fingerprint density at radius 3 is 2.45 bits per heavy atom. The molecule has 2 saturated heterocycles. The van der Waals surface area contributed by atoms with Crippen LogP contribution in [0.25, 0.3) is 11.3 Å². The van der Waals surface area contributed by atoms with Crippen molar-refractivity contribution in [1.82, 2.24) is 15.1 Å². The van der Waals surface area contributed by atoms with Gasteiger partial charge in [0, 0.05) is 31.7 Å². The summed E-state index contributed by atoms with van der Waals surface area (Å²) in [5, 5.41) is 8.70. The minimum absolute atomic E-state index is 0.787. The number of hydrogen-bond donors (Lipinski definition) is 0. The molecule has 2 aromatic heterocycles. The molecule has 2 aliphatic rings. The molecule has 0 saturated carbocycles. The van der Waals surface area contributed by atoms with Crippen molar-refractivity contribution in [3.05, 3.63) is 30.7 Å². The normalized spacial score (nSPS) is 26.1. The molecule has 0 aromatic carbocycles. The average Bonchev–Trinajstić information content (AvgIpc) is 3.13. The van der Waals surface area contributed by atoms with E-state index in [1.54, 1.807) is 12.5 Å². The monoisotopic (exact) mass is 270 g/mol. The molecular formula is C15H18N4O. The Hall–Kier alpha value is -1.88. The summed E-state index contributed by atoms with van der Waals surface area (Å²) in [4.78, 5) is 4.80. The lowest BCUT2D eigenvalue weighted by Gasteiger charge is -2.19. The minimum Gasteiger partial charge on any atom is -0.472 e. The van der Waals surface area contributed by atoms with Crippen LogP contribution in [0, 0.1) is 11.8 Å². The Balaban J connectivity index is 1.50. The Kier molecular flexibility index (Phi) is 2.73. The van der Waals surface area contributed by atoms with Gasteiger partial charge in [-0.05, 0) is 37.1 Å². The molecular weight excluding hydrogens is 252 g/mol. The molecule has 2 atom stereocenters. The molecule has 0 spiro atoms. The summed E-state index contributed by atoms with van der Waals surface area (Å²) < 4.78 is 5.08. The number of rotatable bonds is 2. The Bertz CT molecular complexity index is 566. The zero-order chi connectivity index (χ0) is 13.5. The largest absolute Gasteiger partial charge is 0.472 e. The van der Waals surface area contributed by atoms with Crippen molar-refractivity contribution in [3.63, 3.8) is 0 Å². The number of anilines is 1. The van der Waals surface area contributed by atoms with Gasteiger partial charge in [-0.3, -0.25) is 0 Å². The number of aromatic nitrogens is 2. The predicted octanol–water partition coefficient (Wildman–Crippen LogP) is 1.73. The molecule has 4 heterocycles. The number of furan rings is 1. The number of fused-ring (bicyclic) bond motifs is 1. The van der Waals surface area contributed by atoms with Gasteiger partial charge < -0.3 is 14.2 Å². The van der Waals surface area contributed by atoms with Crippen LogP contribution in [0.15, 0.2) is 35.1 Å². The lowest BCUT2D eigenvalue weighted by Crippen LogP contribution is -2.27. The summed E-state index contributed by atoms with van der Waals surface area (Å²) in [5.74, 6) is 2.57. The smallest absolute Gasteiger partial charge is 0.151 e. The number of likely N-dealkylation sites (tertiary alicyclic amines) is 1. The van der Waals surface area contributed by atoms with Crippen LogP contribution in [0.4, 0.5) is 5.82 Å². The van der Waals surface area contributed by atoms with E-state index in [2.05, 4.69) is 33.1 Å². The molecule has 5 nitrogen and oxygen atoms in total. The molecule has 0 bridgehead atoms. The maximum Gasteiger partial charge on any atom is 0.151 e. The van der Waals surface area contributed by atoms with Gasteiger partial charge in [0.2, 0.25) is 0 Å². The lowest BCUT2D eigenvalue weighted by molar-refractivity contribution is 0.387. The summed E-state index contributed by atoms with van der Waals surface area (Å²) in [6, 6.07) is 5.99. The predicted molar refractivity (Wildman–Crippen MR) is 76.4 cm³/mol. The fraction of sp³-hybridized carbons (Fsp3) is 0.467. The second-order valence-electron chi connectivity index (χ2n) is 5.94. The van der Waals surface area contributed by atoms with E-state index in [1.165, 1.54) is 13.1 Å². The van der Waals surface area contributed by atoms with Crippen molar-refractivity contribution in [2.75, 3.05) is 38.1 Å². The van der Waals surface area contributed by atoms with Gasteiger partial charge in [0.05, 0.1) is 18.2 Å². The van der Waals surface area contributed by atoms with Crippen molar-refractivity contribution >= 4 is 5.82 Å². The molecule has 2 aromatic rings. The first kappa shape index (κ1) is 11.9. The second-order valence-corrected chi connectivity index (χ2v) is 5.94. The topological polar surface area (TPSA) is 45.4 Å². The van der Waals surface area contributed by atoms with Crippen LogP contribution in [0.5, 0.6) is 0 Å². The van der Waals surface area contributed by atoms with Gasteiger partial charge in [0.1, 0.15) is 0 Å². The fourth-order valence-corrected chi connectivity index (χ4v) is 3.47. The first-order chi connectivity index (χ1) is 9.79. The summed E-state index contributed by atoms with van der Waals surface area (Å²) in [5.41, 5.74) is 1.84. The first-order valence-corrected chi connectivity index (χ1v) is 7.09. The van der Waals surface area contributed by atoms with E-state index >= 15 is 0 Å². The summed E-state index contributed by atoms with van der Waals surface area (Å²) in [6.07, 6.45) is 3.35. The van der Waals surface area contributed by atoms with Crippen molar-refractivity contribution in [1.29, 1.82) is 0 Å². The average molecular weight is 270 g/mol. The van der Waals surface area contributed by atoms with Crippen molar-refractivity contribution in [2.24, 2.45) is 11.8 Å². The van der Waals surface area contributed by atoms with Crippen molar-refractivity contribution in [2.45, 2.75) is 0 Å². The summed E-state index contributed by atoms with van der Waals surface area (Å²) in [7, 11) is 2.21. The molecule has 2 unspecified atom stereocenters. The highest BCUT2D eigenvalue weighted by atomic mass is 16.3. The van der Waals surface area contributed by atoms with Crippen LogP contribution in [0.3, 0.4) is 0 Å². The third-order valence-electron chi connectivity index (χ3n) is 4.46. The second kappa shape index (κ2) is 4.59. The van der Waals surface area contributed by atoms with Gasteiger partial charge in [-0.25, -0.2) is 0 Å². The Labute approximate surface area is 118 Å². The fourth-order valence-electron chi connectivity index (χ4n) is 3.47. The SMILES string of the molecule is CN1CC2CN(c3ccc(-c4ccoc4)nn3)CC2C1. The van der Waals surface area contributed by atoms with Gasteiger partial charge >= 0.3 is 0 Å². The molecule has 0 N–H and O–H groups in total. The molecule has 0 aliphatic carbocycles. The third-order valence-corrected chi connectivity index (χ3v) is 4.46. The maximum absolute atomic E-state index is 5.08. The summed E-state index contributed by atoms with van der Waals surface area (Å²) in [6.45, 7) is 4.63. The van der Waals surface area contributed by atoms with Gasteiger partial charge in [0.15, 0.2) is 5.82 Å².